The molecule has 0 spiro atoms. The van der Waals surface area contributed by atoms with Gasteiger partial charge in [-0.3, -0.25) is 4.98 Å². The first kappa shape index (κ1) is 13.4. The van der Waals surface area contributed by atoms with Gasteiger partial charge >= 0.3 is 0 Å². The number of anilines is 1. The lowest BCUT2D eigenvalue weighted by Gasteiger charge is -2.33. The van der Waals surface area contributed by atoms with Gasteiger partial charge in [0.1, 0.15) is 0 Å². The summed E-state index contributed by atoms with van der Waals surface area (Å²) in [5.41, 5.74) is 3.78. The van der Waals surface area contributed by atoms with Crippen LogP contribution in [0.2, 0.25) is 0 Å². The number of piperidine rings is 1. The number of nitrogens with zero attached hydrogens (tertiary/aromatic N) is 2. The van der Waals surface area contributed by atoms with E-state index in [9.17, 15) is 0 Å². The van der Waals surface area contributed by atoms with Gasteiger partial charge in [0.05, 0.1) is 11.6 Å². The molecule has 0 unspecified atom stereocenters. The summed E-state index contributed by atoms with van der Waals surface area (Å²) in [6.07, 6.45) is 5.62. The third kappa shape index (κ3) is 2.50. The molecule has 2 heterocycles. The molecule has 0 saturated carbocycles. The first-order valence-corrected chi connectivity index (χ1v) is 7.47. The Morgan fingerprint density at radius 2 is 2.05 bits per heavy atom. The average molecular weight is 270 g/mol. The third-order valence-electron chi connectivity index (χ3n) is 4.31. The number of aromatic nitrogens is 1. The minimum atomic E-state index is 0.422. The third-order valence-corrected chi connectivity index (χ3v) is 4.31. The van der Waals surface area contributed by atoms with Crippen molar-refractivity contribution in [3.63, 3.8) is 0 Å². The summed E-state index contributed by atoms with van der Waals surface area (Å²) in [5, 5.41) is 1.28. The molecule has 3 rings (SSSR count). The number of benzene rings is 1. The van der Waals surface area contributed by atoms with Crippen LogP contribution in [0.3, 0.4) is 0 Å². The Morgan fingerprint density at radius 1 is 1.25 bits per heavy atom. The maximum absolute atomic E-state index is 5.46. The van der Waals surface area contributed by atoms with Crippen molar-refractivity contribution in [1.82, 2.24) is 4.98 Å². The maximum Gasteiger partial charge on any atom is 0.0722 e. The summed E-state index contributed by atoms with van der Waals surface area (Å²) in [4.78, 5) is 6.96. The minimum absolute atomic E-state index is 0.422. The van der Waals surface area contributed by atoms with Crippen molar-refractivity contribution in [2.24, 2.45) is 0 Å². The normalized spacial score (nSPS) is 16.8. The van der Waals surface area contributed by atoms with E-state index in [1.165, 1.54) is 16.6 Å². The number of methoxy groups -OCH3 is 1. The molecular formula is C17H22N2O. The number of pyridine rings is 1. The Morgan fingerprint density at radius 3 is 2.75 bits per heavy atom. The van der Waals surface area contributed by atoms with E-state index in [2.05, 4.69) is 41.1 Å². The van der Waals surface area contributed by atoms with Crippen LogP contribution < -0.4 is 4.90 Å². The monoisotopic (exact) mass is 270 g/mol. The largest absolute Gasteiger partial charge is 0.381 e. The molecular weight excluding hydrogens is 248 g/mol. The van der Waals surface area contributed by atoms with E-state index < -0.39 is 0 Å². The molecule has 0 atom stereocenters. The lowest BCUT2D eigenvalue weighted by Crippen LogP contribution is -2.36. The van der Waals surface area contributed by atoms with Crippen LogP contribution in [0.4, 0.5) is 5.69 Å². The fraction of sp³-hybridized carbons (Fsp3) is 0.471. The van der Waals surface area contributed by atoms with E-state index in [-0.39, 0.29) is 0 Å². The molecule has 0 aliphatic carbocycles. The molecule has 106 valence electrons. The van der Waals surface area contributed by atoms with E-state index in [0.29, 0.717) is 6.10 Å². The van der Waals surface area contributed by atoms with Crippen LogP contribution >= 0.6 is 0 Å². The van der Waals surface area contributed by atoms with Crippen LogP contribution in [-0.2, 0) is 11.2 Å². The second kappa shape index (κ2) is 5.80. The van der Waals surface area contributed by atoms with Crippen molar-refractivity contribution < 1.29 is 4.74 Å². The van der Waals surface area contributed by atoms with E-state index in [1.807, 2.05) is 13.3 Å². The summed E-state index contributed by atoms with van der Waals surface area (Å²) in [7, 11) is 1.82. The zero-order valence-electron chi connectivity index (χ0n) is 12.3. The summed E-state index contributed by atoms with van der Waals surface area (Å²) >= 11 is 0. The van der Waals surface area contributed by atoms with Crippen molar-refractivity contribution in [2.45, 2.75) is 32.3 Å². The lowest BCUT2D eigenvalue weighted by molar-refractivity contribution is 0.0819. The second-order valence-electron chi connectivity index (χ2n) is 5.46. The van der Waals surface area contributed by atoms with Gasteiger partial charge in [0.15, 0.2) is 0 Å². The van der Waals surface area contributed by atoms with Gasteiger partial charge in [0, 0.05) is 37.5 Å². The summed E-state index contributed by atoms with van der Waals surface area (Å²) in [6, 6.07) is 8.75. The van der Waals surface area contributed by atoms with Gasteiger partial charge in [-0.2, -0.15) is 0 Å². The van der Waals surface area contributed by atoms with E-state index in [1.54, 1.807) is 0 Å². The van der Waals surface area contributed by atoms with Crippen LogP contribution in [0.15, 0.2) is 30.5 Å². The number of rotatable bonds is 3. The molecule has 1 aliphatic rings. The van der Waals surface area contributed by atoms with Crippen molar-refractivity contribution in [2.75, 3.05) is 25.1 Å². The van der Waals surface area contributed by atoms with Gasteiger partial charge in [-0.25, -0.2) is 0 Å². The number of hydrogen-bond acceptors (Lipinski definition) is 3. The molecule has 0 N–H and O–H groups in total. The summed E-state index contributed by atoms with van der Waals surface area (Å²) < 4.78 is 5.46. The second-order valence-corrected chi connectivity index (χ2v) is 5.46. The zero-order valence-corrected chi connectivity index (χ0v) is 12.3. The smallest absolute Gasteiger partial charge is 0.0722 e. The van der Waals surface area contributed by atoms with Crippen molar-refractivity contribution in [1.29, 1.82) is 0 Å². The van der Waals surface area contributed by atoms with Crippen LogP contribution in [-0.4, -0.2) is 31.3 Å². The molecule has 1 saturated heterocycles. The highest BCUT2D eigenvalue weighted by Gasteiger charge is 2.20. The summed E-state index contributed by atoms with van der Waals surface area (Å²) in [6.45, 7) is 4.32. The number of ether oxygens (including phenoxy) is 1. The highest BCUT2D eigenvalue weighted by molar-refractivity contribution is 5.92. The predicted molar refractivity (Wildman–Crippen MR) is 83.4 cm³/mol. The highest BCUT2D eigenvalue weighted by atomic mass is 16.5. The maximum atomic E-state index is 5.46. The number of hydrogen-bond donors (Lipinski definition) is 0. The van der Waals surface area contributed by atoms with Crippen LogP contribution in [0.25, 0.3) is 10.9 Å². The molecule has 1 aromatic carbocycles. The van der Waals surface area contributed by atoms with Gasteiger partial charge < -0.3 is 9.64 Å². The van der Waals surface area contributed by atoms with Gasteiger partial charge in [0.25, 0.3) is 0 Å². The summed E-state index contributed by atoms with van der Waals surface area (Å²) in [5.74, 6) is 0. The van der Waals surface area contributed by atoms with Gasteiger partial charge in [-0.1, -0.05) is 13.0 Å². The lowest BCUT2D eigenvalue weighted by atomic mass is 10.0. The molecule has 0 radical (unpaired) electrons. The molecule has 0 amide bonds. The van der Waals surface area contributed by atoms with E-state index in [4.69, 9.17) is 4.74 Å². The Bertz CT molecular complexity index is 589. The Hall–Kier alpha value is -1.61. The average Bonchev–Trinajstić information content (AvgIpc) is 2.54. The topological polar surface area (TPSA) is 25.4 Å². The van der Waals surface area contributed by atoms with Gasteiger partial charge in [-0.15, -0.1) is 0 Å². The molecule has 3 heteroatoms. The van der Waals surface area contributed by atoms with Crippen molar-refractivity contribution >= 4 is 16.6 Å². The first-order valence-electron chi connectivity index (χ1n) is 7.47. The highest BCUT2D eigenvalue weighted by Crippen LogP contribution is 2.29. The minimum Gasteiger partial charge on any atom is -0.381 e. The standard InChI is InChI=1S/C17H22N2O/c1-3-13-4-5-16-15(12-13)17(6-9-18-16)19-10-7-14(20-2)8-11-19/h4-6,9,12,14H,3,7-8,10-11H2,1-2H3. The zero-order chi connectivity index (χ0) is 13.9. The van der Waals surface area contributed by atoms with Crippen molar-refractivity contribution in [3.8, 4) is 0 Å². The quantitative estimate of drug-likeness (QED) is 0.854. The Kier molecular flexibility index (Phi) is 3.88. The predicted octanol–water partition coefficient (Wildman–Crippen LogP) is 3.41. The van der Waals surface area contributed by atoms with Crippen LogP contribution in [0, 0.1) is 0 Å². The molecule has 2 aromatic rings. The number of fused-ring (bicyclic) bond motifs is 1. The molecule has 0 bridgehead atoms. The molecule has 1 fully saturated rings. The Balaban J connectivity index is 1.94. The molecule has 3 nitrogen and oxygen atoms in total. The fourth-order valence-electron chi connectivity index (χ4n) is 3.01. The van der Waals surface area contributed by atoms with Crippen LogP contribution in [0.5, 0.6) is 0 Å². The molecule has 1 aromatic heterocycles. The first-order chi connectivity index (χ1) is 9.81. The van der Waals surface area contributed by atoms with Crippen LogP contribution in [0.1, 0.15) is 25.3 Å². The molecule has 20 heavy (non-hydrogen) atoms. The van der Waals surface area contributed by atoms with Gasteiger partial charge in [0.2, 0.25) is 0 Å². The van der Waals surface area contributed by atoms with Crippen molar-refractivity contribution in [3.05, 3.63) is 36.0 Å². The molecule has 1 aliphatic heterocycles. The van der Waals surface area contributed by atoms with Gasteiger partial charge in [-0.05, 0) is 43.0 Å². The Labute approximate surface area is 120 Å². The SMILES string of the molecule is CCc1ccc2nccc(N3CCC(OC)CC3)c2c1. The fourth-order valence-corrected chi connectivity index (χ4v) is 3.01. The number of aryl methyl sites for hydroxylation is 1. The van der Waals surface area contributed by atoms with E-state index >= 15 is 0 Å². The van der Waals surface area contributed by atoms with E-state index in [0.717, 1.165) is 37.9 Å².